The van der Waals surface area contributed by atoms with Gasteiger partial charge in [-0.25, -0.2) is 5.43 Å². The molecule has 0 aromatic carbocycles. The van der Waals surface area contributed by atoms with Crippen molar-refractivity contribution >= 4 is 23.0 Å². The summed E-state index contributed by atoms with van der Waals surface area (Å²) >= 11 is 1.56. The Morgan fingerprint density at radius 2 is 2.33 bits per heavy atom. The van der Waals surface area contributed by atoms with Gasteiger partial charge in [-0.2, -0.15) is 5.10 Å². The molecule has 0 aliphatic rings. The van der Waals surface area contributed by atoms with Gasteiger partial charge in [0.2, 0.25) is 5.91 Å². The van der Waals surface area contributed by atoms with Crippen molar-refractivity contribution < 1.29 is 4.79 Å². The summed E-state index contributed by atoms with van der Waals surface area (Å²) < 4.78 is 0. The largest absolute Gasteiger partial charge is 0.273 e. The minimum absolute atomic E-state index is 0.110. The molecule has 18 heavy (non-hydrogen) atoms. The normalized spacial score (nSPS) is 11.3. The maximum Gasteiger partial charge on any atom is 0.245 e. The van der Waals surface area contributed by atoms with E-state index in [4.69, 9.17) is 0 Å². The van der Waals surface area contributed by atoms with Crippen LogP contribution < -0.4 is 5.43 Å². The Balaban J connectivity index is 1.92. The van der Waals surface area contributed by atoms with Gasteiger partial charge < -0.3 is 0 Å². The first-order chi connectivity index (χ1) is 8.75. The van der Waals surface area contributed by atoms with Crippen molar-refractivity contribution in [3.05, 3.63) is 52.5 Å². The molecule has 0 aliphatic heterocycles. The Morgan fingerprint density at radius 1 is 1.44 bits per heavy atom. The Morgan fingerprint density at radius 3 is 3.00 bits per heavy atom. The molecule has 0 fully saturated rings. The molecule has 0 aliphatic carbocycles. The van der Waals surface area contributed by atoms with Crippen LogP contribution in [0.2, 0.25) is 0 Å². The standard InChI is InChI=1S/C13H13N3OS/c1-10(11-4-2-6-14-9-11)15-16-13(17)8-12-5-3-7-18-12/h2-7,9H,8H2,1H3,(H,16,17). The minimum Gasteiger partial charge on any atom is -0.273 e. The first-order valence-electron chi connectivity index (χ1n) is 5.51. The van der Waals surface area contributed by atoms with Gasteiger partial charge in [0, 0.05) is 22.8 Å². The molecular formula is C13H13N3OS. The summed E-state index contributed by atoms with van der Waals surface area (Å²) in [6.45, 7) is 1.84. The van der Waals surface area contributed by atoms with Crippen molar-refractivity contribution in [3.8, 4) is 0 Å². The van der Waals surface area contributed by atoms with Crippen molar-refractivity contribution in [2.24, 2.45) is 5.10 Å². The number of amides is 1. The van der Waals surface area contributed by atoms with Crippen LogP contribution in [0.25, 0.3) is 0 Å². The van der Waals surface area contributed by atoms with Crippen LogP contribution in [0.3, 0.4) is 0 Å². The van der Waals surface area contributed by atoms with E-state index in [-0.39, 0.29) is 5.91 Å². The highest BCUT2D eigenvalue weighted by Crippen LogP contribution is 2.08. The second-order valence-electron chi connectivity index (χ2n) is 3.73. The van der Waals surface area contributed by atoms with Gasteiger partial charge in [0.1, 0.15) is 0 Å². The minimum atomic E-state index is -0.110. The van der Waals surface area contributed by atoms with Crippen molar-refractivity contribution in [1.82, 2.24) is 10.4 Å². The lowest BCUT2D eigenvalue weighted by Crippen LogP contribution is -2.20. The summed E-state index contributed by atoms with van der Waals surface area (Å²) in [6.07, 6.45) is 3.78. The Hall–Kier alpha value is -2.01. The molecule has 92 valence electrons. The van der Waals surface area contributed by atoms with E-state index in [2.05, 4.69) is 15.5 Å². The Kier molecular flexibility index (Phi) is 4.20. The van der Waals surface area contributed by atoms with E-state index in [1.54, 1.807) is 23.7 Å². The average molecular weight is 259 g/mol. The molecule has 0 bridgehead atoms. The molecule has 2 aromatic heterocycles. The topological polar surface area (TPSA) is 54.4 Å². The maximum atomic E-state index is 11.6. The molecule has 2 heterocycles. The zero-order chi connectivity index (χ0) is 12.8. The van der Waals surface area contributed by atoms with Crippen LogP contribution in [0.4, 0.5) is 0 Å². The number of hydrogen-bond acceptors (Lipinski definition) is 4. The number of carbonyl (C=O) groups excluding carboxylic acids is 1. The lowest BCUT2D eigenvalue weighted by molar-refractivity contribution is -0.120. The summed E-state index contributed by atoms with van der Waals surface area (Å²) in [6, 6.07) is 7.60. The van der Waals surface area contributed by atoms with E-state index in [0.29, 0.717) is 6.42 Å². The molecule has 0 saturated carbocycles. The SMILES string of the molecule is CC(=NNC(=O)Cc1cccs1)c1cccnc1. The third-order valence-electron chi connectivity index (χ3n) is 2.34. The van der Waals surface area contributed by atoms with E-state index in [1.807, 2.05) is 36.6 Å². The number of carbonyl (C=O) groups is 1. The van der Waals surface area contributed by atoms with Gasteiger partial charge >= 0.3 is 0 Å². The van der Waals surface area contributed by atoms with Gasteiger partial charge in [-0.15, -0.1) is 11.3 Å². The first kappa shape index (κ1) is 12.4. The van der Waals surface area contributed by atoms with Crippen LogP contribution >= 0.6 is 11.3 Å². The smallest absolute Gasteiger partial charge is 0.245 e. The summed E-state index contributed by atoms with van der Waals surface area (Å²) in [4.78, 5) is 16.7. The number of pyridine rings is 1. The number of hydrazone groups is 1. The zero-order valence-electron chi connectivity index (χ0n) is 9.96. The Labute approximate surface area is 109 Å². The fourth-order valence-electron chi connectivity index (χ4n) is 1.40. The molecule has 0 unspecified atom stereocenters. The predicted octanol–water partition coefficient (Wildman–Crippen LogP) is 2.23. The summed E-state index contributed by atoms with van der Waals surface area (Å²) in [5, 5.41) is 6.01. The summed E-state index contributed by atoms with van der Waals surface area (Å²) in [5.74, 6) is -0.110. The van der Waals surface area contributed by atoms with E-state index in [1.165, 1.54) is 0 Å². The van der Waals surface area contributed by atoms with Crippen LogP contribution in [0, 0.1) is 0 Å². The monoisotopic (exact) mass is 259 g/mol. The summed E-state index contributed by atoms with van der Waals surface area (Å²) in [7, 11) is 0. The number of aromatic nitrogens is 1. The van der Waals surface area contributed by atoms with Gasteiger partial charge in [0.25, 0.3) is 0 Å². The molecule has 0 radical (unpaired) electrons. The van der Waals surface area contributed by atoms with Crippen LogP contribution in [0.1, 0.15) is 17.4 Å². The van der Waals surface area contributed by atoms with E-state index in [0.717, 1.165) is 16.2 Å². The first-order valence-corrected chi connectivity index (χ1v) is 6.39. The highest BCUT2D eigenvalue weighted by molar-refractivity contribution is 7.10. The highest BCUT2D eigenvalue weighted by atomic mass is 32.1. The fraction of sp³-hybridized carbons (Fsp3) is 0.154. The maximum absolute atomic E-state index is 11.6. The van der Waals surface area contributed by atoms with Crippen molar-refractivity contribution in [2.75, 3.05) is 0 Å². The highest BCUT2D eigenvalue weighted by Gasteiger charge is 2.03. The number of hydrogen-bond donors (Lipinski definition) is 1. The summed E-state index contributed by atoms with van der Waals surface area (Å²) in [5.41, 5.74) is 4.18. The molecule has 2 aromatic rings. The van der Waals surface area contributed by atoms with E-state index >= 15 is 0 Å². The predicted molar refractivity (Wildman–Crippen MR) is 72.6 cm³/mol. The molecular weight excluding hydrogens is 246 g/mol. The molecule has 2 rings (SSSR count). The van der Waals surface area contributed by atoms with Gasteiger partial charge in [-0.1, -0.05) is 12.1 Å². The van der Waals surface area contributed by atoms with Crippen molar-refractivity contribution in [2.45, 2.75) is 13.3 Å². The van der Waals surface area contributed by atoms with Gasteiger partial charge in [-0.3, -0.25) is 9.78 Å². The number of nitrogens with one attached hydrogen (secondary N) is 1. The number of thiophene rings is 1. The molecule has 5 heteroatoms. The van der Waals surface area contributed by atoms with Gasteiger partial charge in [-0.05, 0) is 24.4 Å². The molecule has 0 atom stereocenters. The zero-order valence-corrected chi connectivity index (χ0v) is 10.8. The molecule has 0 saturated heterocycles. The van der Waals surface area contributed by atoms with Gasteiger partial charge in [0.15, 0.2) is 0 Å². The molecule has 1 N–H and O–H groups in total. The van der Waals surface area contributed by atoms with Crippen LogP contribution in [-0.4, -0.2) is 16.6 Å². The van der Waals surface area contributed by atoms with Crippen LogP contribution in [-0.2, 0) is 11.2 Å². The third-order valence-corrected chi connectivity index (χ3v) is 3.22. The van der Waals surface area contributed by atoms with Crippen LogP contribution in [0.5, 0.6) is 0 Å². The fourth-order valence-corrected chi connectivity index (χ4v) is 2.10. The second-order valence-corrected chi connectivity index (χ2v) is 4.76. The average Bonchev–Trinajstić information content (AvgIpc) is 2.90. The number of nitrogens with zero attached hydrogens (tertiary/aromatic N) is 2. The molecule has 1 amide bonds. The van der Waals surface area contributed by atoms with Crippen LogP contribution in [0.15, 0.2) is 47.1 Å². The third kappa shape index (κ3) is 3.49. The second kappa shape index (κ2) is 6.07. The quantitative estimate of drug-likeness (QED) is 0.676. The van der Waals surface area contributed by atoms with Gasteiger partial charge in [0.05, 0.1) is 12.1 Å². The van der Waals surface area contributed by atoms with E-state index < -0.39 is 0 Å². The lowest BCUT2D eigenvalue weighted by atomic mass is 10.2. The van der Waals surface area contributed by atoms with Crippen molar-refractivity contribution in [1.29, 1.82) is 0 Å². The lowest BCUT2D eigenvalue weighted by Gasteiger charge is -2.01. The molecule has 4 nitrogen and oxygen atoms in total. The number of rotatable bonds is 4. The molecule has 0 spiro atoms. The van der Waals surface area contributed by atoms with E-state index in [9.17, 15) is 4.79 Å². The Bertz CT molecular complexity index is 535. The van der Waals surface area contributed by atoms with Crippen molar-refractivity contribution in [3.63, 3.8) is 0 Å².